The molecule has 0 bridgehead atoms. The van der Waals surface area contributed by atoms with Gasteiger partial charge in [-0.1, -0.05) is 0 Å². The first-order valence-electron chi connectivity index (χ1n) is 5.67. The quantitative estimate of drug-likeness (QED) is 0.635. The fourth-order valence-electron chi connectivity index (χ4n) is 1.69. The summed E-state index contributed by atoms with van der Waals surface area (Å²) in [6.45, 7) is 8.02. The van der Waals surface area contributed by atoms with E-state index in [0.29, 0.717) is 13.2 Å². The van der Waals surface area contributed by atoms with Crippen molar-refractivity contribution in [2.75, 3.05) is 19.8 Å². The van der Waals surface area contributed by atoms with Gasteiger partial charge in [0.05, 0.1) is 24.2 Å². The highest BCUT2D eigenvalue weighted by Crippen LogP contribution is 2.32. The molecule has 1 aliphatic carbocycles. The SMILES string of the molecule is CCOCC(C)OC1CC(Cl)C1OCC. The summed E-state index contributed by atoms with van der Waals surface area (Å²) in [5.74, 6) is 0. The summed E-state index contributed by atoms with van der Waals surface area (Å²) >= 11 is 6.04. The van der Waals surface area contributed by atoms with Crippen LogP contribution in [0.3, 0.4) is 0 Å². The lowest BCUT2D eigenvalue weighted by Gasteiger charge is -2.41. The predicted molar refractivity (Wildman–Crippen MR) is 60.5 cm³/mol. The van der Waals surface area contributed by atoms with Crippen molar-refractivity contribution in [3.8, 4) is 0 Å². The Balaban J connectivity index is 2.20. The number of alkyl halides is 1. The van der Waals surface area contributed by atoms with Crippen LogP contribution in [-0.4, -0.2) is 43.5 Å². The molecular formula is C11H21ClO3. The average Bonchev–Trinajstić information content (AvgIpc) is 2.22. The predicted octanol–water partition coefficient (Wildman–Crippen LogP) is 2.21. The van der Waals surface area contributed by atoms with Crippen molar-refractivity contribution in [1.29, 1.82) is 0 Å². The van der Waals surface area contributed by atoms with Crippen LogP contribution in [0.25, 0.3) is 0 Å². The Kier molecular flexibility index (Phi) is 5.90. The highest BCUT2D eigenvalue weighted by atomic mass is 35.5. The Morgan fingerprint density at radius 2 is 2.07 bits per heavy atom. The van der Waals surface area contributed by atoms with Crippen LogP contribution in [0.5, 0.6) is 0 Å². The van der Waals surface area contributed by atoms with Crippen LogP contribution in [0, 0.1) is 0 Å². The number of hydrogen-bond donors (Lipinski definition) is 0. The van der Waals surface area contributed by atoms with Gasteiger partial charge in [-0.25, -0.2) is 0 Å². The third-order valence-corrected chi connectivity index (χ3v) is 2.93. The molecule has 90 valence electrons. The van der Waals surface area contributed by atoms with Gasteiger partial charge in [0.2, 0.25) is 0 Å². The van der Waals surface area contributed by atoms with Crippen molar-refractivity contribution in [3.63, 3.8) is 0 Å². The third-order valence-electron chi connectivity index (χ3n) is 2.50. The van der Waals surface area contributed by atoms with E-state index in [1.54, 1.807) is 0 Å². The Morgan fingerprint density at radius 1 is 1.33 bits per heavy atom. The molecule has 1 aliphatic rings. The molecule has 0 spiro atoms. The van der Waals surface area contributed by atoms with Gasteiger partial charge in [0.25, 0.3) is 0 Å². The van der Waals surface area contributed by atoms with Crippen molar-refractivity contribution >= 4 is 11.6 Å². The van der Waals surface area contributed by atoms with Crippen LogP contribution in [0.4, 0.5) is 0 Å². The van der Waals surface area contributed by atoms with E-state index in [9.17, 15) is 0 Å². The molecule has 0 aromatic rings. The Labute approximate surface area is 97.0 Å². The van der Waals surface area contributed by atoms with E-state index in [1.807, 2.05) is 20.8 Å². The molecule has 15 heavy (non-hydrogen) atoms. The second kappa shape index (κ2) is 6.69. The van der Waals surface area contributed by atoms with E-state index in [2.05, 4.69) is 0 Å². The minimum atomic E-state index is 0.0562. The fourth-order valence-corrected chi connectivity index (χ4v) is 2.10. The zero-order chi connectivity index (χ0) is 11.3. The molecule has 4 heteroatoms. The van der Waals surface area contributed by atoms with E-state index in [4.69, 9.17) is 25.8 Å². The molecule has 1 fully saturated rings. The smallest absolute Gasteiger partial charge is 0.100 e. The van der Waals surface area contributed by atoms with Gasteiger partial charge >= 0.3 is 0 Å². The highest BCUT2D eigenvalue weighted by molar-refractivity contribution is 6.21. The summed E-state index contributed by atoms with van der Waals surface area (Å²) in [7, 11) is 0. The number of halogens is 1. The molecule has 0 amide bonds. The Morgan fingerprint density at radius 3 is 2.60 bits per heavy atom. The molecule has 0 saturated heterocycles. The van der Waals surface area contributed by atoms with Crippen LogP contribution in [0.1, 0.15) is 27.2 Å². The minimum absolute atomic E-state index is 0.0562. The average molecular weight is 237 g/mol. The first-order valence-corrected chi connectivity index (χ1v) is 6.11. The summed E-state index contributed by atoms with van der Waals surface area (Å²) in [5.41, 5.74) is 0. The van der Waals surface area contributed by atoms with Gasteiger partial charge in [-0.3, -0.25) is 0 Å². The van der Waals surface area contributed by atoms with Gasteiger partial charge in [-0.2, -0.15) is 0 Å². The van der Waals surface area contributed by atoms with E-state index >= 15 is 0 Å². The van der Waals surface area contributed by atoms with Crippen LogP contribution in [-0.2, 0) is 14.2 Å². The van der Waals surface area contributed by atoms with Crippen LogP contribution in [0.2, 0.25) is 0 Å². The summed E-state index contributed by atoms with van der Waals surface area (Å²) < 4.78 is 16.6. The normalized spacial score (nSPS) is 32.4. The van der Waals surface area contributed by atoms with Crippen LogP contribution in [0.15, 0.2) is 0 Å². The summed E-state index contributed by atoms with van der Waals surface area (Å²) in [4.78, 5) is 0. The van der Waals surface area contributed by atoms with E-state index in [-0.39, 0.29) is 23.7 Å². The Bertz CT molecular complexity index is 177. The van der Waals surface area contributed by atoms with E-state index < -0.39 is 0 Å². The van der Waals surface area contributed by atoms with Gasteiger partial charge in [0.1, 0.15) is 6.10 Å². The second-order valence-corrected chi connectivity index (χ2v) is 4.38. The topological polar surface area (TPSA) is 27.7 Å². The fraction of sp³-hybridized carbons (Fsp3) is 1.00. The summed E-state index contributed by atoms with van der Waals surface area (Å²) in [6, 6.07) is 0. The van der Waals surface area contributed by atoms with Crippen molar-refractivity contribution in [1.82, 2.24) is 0 Å². The number of ether oxygens (including phenoxy) is 3. The highest BCUT2D eigenvalue weighted by Gasteiger charge is 2.42. The van der Waals surface area contributed by atoms with Crippen LogP contribution >= 0.6 is 11.6 Å². The maximum absolute atomic E-state index is 6.04. The molecule has 4 unspecified atom stereocenters. The lowest BCUT2D eigenvalue weighted by atomic mass is 9.91. The third kappa shape index (κ3) is 3.91. The maximum Gasteiger partial charge on any atom is 0.100 e. The molecule has 1 saturated carbocycles. The molecule has 0 N–H and O–H groups in total. The second-order valence-electron chi connectivity index (χ2n) is 3.82. The molecule has 0 aromatic carbocycles. The van der Waals surface area contributed by atoms with E-state index in [1.165, 1.54) is 0 Å². The monoisotopic (exact) mass is 236 g/mol. The molecule has 3 nitrogen and oxygen atoms in total. The van der Waals surface area contributed by atoms with E-state index in [0.717, 1.165) is 13.0 Å². The standard InChI is InChI=1S/C11H21ClO3/c1-4-13-7-8(3)15-10-6-9(12)11(10)14-5-2/h8-11H,4-7H2,1-3H3. The molecule has 0 heterocycles. The number of hydrogen-bond acceptors (Lipinski definition) is 3. The van der Waals surface area contributed by atoms with Gasteiger partial charge in [-0.15, -0.1) is 11.6 Å². The first kappa shape index (κ1) is 13.2. The van der Waals surface area contributed by atoms with Crippen molar-refractivity contribution in [2.45, 2.75) is 50.9 Å². The lowest BCUT2D eigenvalue weighted by Crippen LogP contribution is -2.52. The lowest BCUT2D eigenvalue weighted by molar-refractivity contribution is -0.153. The molecular weight excluding hydrogens is 216 g/mol. The summed E-state index contributed by atoms with van der Waals surface area (Å²) in [6.07, 6.45) is 1.19. The Hall–Kier alpha value is 0.170. The molecule has 0 aliphatic heterocycles. The van der Waals surface area contributed by atoms with Crippen LogP contribution < -0.4 is 0 Å². The van der Waals surface area contributed by atoms with Gasteiger partial charge in [0.15, 0.2) is 0 Å². The first-order chi connectivity index (χ1) is 7.19. The van der Waals surface area contributed by atoms with Crippen molar-refractivity contribution < 1.29 is 14.2 Å². The van der Waals surface area contributed by atoms with Gasteiger partial charge in [-0.05, 0) is 27.2 Å². The molecule has 4 atom stereocenters. The zero-order valence-electron chi connectivity index (χ0n) is 9.74. The largest absolute Gasteiger partial charge is 0.379 e. The van der Waals surface area contributed by atoms with Gasteiger partial charge < -0.3 is 14.2 Å². The van der Waals surface area contributed by atoms with Crippen molar-refractivity contribution in [2.24, 2.45) is 0 Å². The summed E-state index contributed by atoms with van der Waals surface area (Å²) in [5, 5.41) is 0.106. The maximum atomic E-state index is 6.04. The number of rotatable bonds is 7. The molecule has 1 rings (SSSR count). The zero-order valence-corrected chi connectivity index (χ0v) is 10.5. The molecule has 0 radical (unpaired) electrons. The van der Waals surface area contributed by atoms with Gasteiger partial charge in [0, 0.05) is 13.2 Å². The minimum Gasteiger partial charge on any atom is -0.379 e. The van der Waals surface area contributed by atoms with Crippen molar-refractivity contribution in [3.05, 3.63) is 0 Å². The molecule has 0 aromatic heterocycles.